The number of hydrogen-bond donors (Lipinski definition) is 1. The van der Waals surface area contributed by atoms with Crippen LogP contribution in [0, 0.1) is 0 Å². The highest BCUT2D eigenvalue weighted by Crippen LogP contribution is 2.19. The molecule has 0 radical (unpaired) electrons. The van der Waals surface area contributed by atoms with E-state index in [4.69, 9.17) is 0 Å². The van der Waals surface area contributed by atoms with Gasteiger partial charge in [-0.15, -0.1) is 0 Å². The first-order valence-corrected chi connectivity index (χ1v) is 7.49. The van der Waals surface area contributed by atoms with Crippen molar-refractivity contribution in [2.75, 3.05) is 19.8 Å². The molecule has 0 aliphatic heterocycles. The Morgan fingerprint density at radius 2 is 2.05 bits per heavy atom. The van der Waals surface area contributed by atoms with Crippen LogP contribution < -0.4 is 5.32 Å². The summed E-state index contributed by atoms with van der Waals surface area (Å²) in [5.74, 6) is 0. The highest BCUT2D eigenvalue weighted by Gasteiger charge is 2.27. The third-order valence-electron chi connectivity index (χ3n) is 3.15. The second kappa shape index (κ2) is 9.10. The molecule has 1 aromatic heterocycles. The van der Waals surface area contributed by atoms with Gasteiger partial charge in [0, 0.05) is 25.0 Å². The lowest BCUT2D eigenvalue weighted by Crippen LogP contribution is -2.21. The zero-order chi connectivity index (χ0) is 15.7. The molecule has 1 unspecified atom stereocenters. The van der Waals surface area contributed by atoms with Crippen LogP contribution in [-0.2, 0) is 11.3 Å². The average Bonchev–Trinajstić information content (AvgIpc) is 2.87. The fourth-order valence-electron chi connectivity index (χ4n) is 2.16. The van der Waals surface area contributed by atoms with Crippen molar-refractivity contribution in [1.29, 1.82) is 0 Å². The van der Waals surface area contributed by atoms with Gasteiger partial charge in [0.05, 0.1) is 6.61 Å². The minimum atomic E-state index is -4.25. The van der Waals surface area contributed by atoms with Crippen molar-refractivity contribution in [2.24, 2.45) is 0 Å². The molecule has 0 bridgehead atoms. The number of rotatable bonds is 10. The molecule has 0 saturated carbocycles. The van der Waals surface area contributed by atoms with Crippen molar-refractivity contribution in [1.82, 2.24) is 9.88 Å². The fraction of sp³-hybridized carbons (Fsp3) is 0.733. The molecular formula is C15H25F3N2O. The van der Waals surface area contributed by atoms with Crippen LogP contribution in [0.2, 0.25) is 0 Å². The molecule has 1 heterocycles. The number of nitrogens with one attached hydrogen (secondary N) is 1. The van der Waals surface area contributed by atoms with Gasteiger partial charge in [-0.2, -0.15) is 13.2 Å². The third-order valence-corrected chi connectivity index (χ3v) is 3.15. The van der Waals surface area contributed by atoms with Crippen molar-refractivity contribution >= 4 is 0 Å². The van der Waals surface area contributed by atoms with Gasteiger partial charge >= 0.3 is 6.18 Å². The van der Waals surface area contributed by atoms with E-state index >= 15 is 0 Å². The zero-order valence-corrected chi connectivity index (χ0v) is 12.7. The molecule has 0 amide bonds. The van der Waals surface area contributed by atoms with Gasteiger partial charge in [-0.05, 0) is 31.0 Å². The number of aromatic nitrogens is 1. The lowest BCUT2D eigenvalue weighted by atomic mass is 10.1. The molecule has 21 heavy (non-hydrogen) atoms. The lowest BCUT2D eigenvalue weighted by molar-refractivity contribution is -0.174. The Morgan fingerprint density at radius 3 is 2.67 bits per heavy atom. The second-order valence-electron chi connectivity index (χ2n) is 5.15. The number of halogens is 3. The second-order valence-corrected chi connectivity index (χ2v) is 5.15. The molecule has 1 rings (SSSR count). The highest BCUT2D eigenvalue weighted by molar-refractivity contribution is 5.15. The normalized spacial score (nSPS) is 13.6. The maximum atomic E-state index is 12.0. The van der Waals surface area contributed by atoms with Gasteiger partial charge in [-0.25, -0.2) is 0 Å². The van der Waals surface area contributed by atoms with Gasteiger partial charge in [-0.3, -0.25) is 0 Å². The van der Waals surface area contributed by atoms with Crippen LogP contribution in [-0.4, -0.2) is 30.5 Å². The van der Waals surface area contributed by atoms with Crippen molar-refractivity contribution in [3.8, 4) is 0 Å². The SMILES string of the molecule is CCCNC(CCC)c1ccn(CCOCC(F)(F)F)c1. The fourth-order valence-corrected chi connectivity index (χ4v) is 2.16. The quantitative estimate of drug-likeness (QED) is 0.663. The van der Waals surface area contributed by atoms with Crippen LogP contribution in [0.1, 0.15) is 44.7 Å². The Labute approximate surface area is 124 Å². The van der Waals surface area contributed by atoms with E-state index < -0.39 is 12.8 Å². The number of nitrogens with zero attached hydrogens (tertiary/aromatic N) is 1. The molecule has 0 aliphatic rings. The molecule has 0 saturated heterocycles. The van der Waals surface area contributed by atoms with Crippen LogP contribution in [0.4, 0.5) is 13.2 Å². The van der Waals surface area contributed by atoms with E-state index in [1.54, 1.807) is 0 Å². The van der Waals surface area contributed by atoms with Crippen LogP contribution in [0.25, 0.3) is 0 Å². The van der Waals surface area contributed by atoms with Crippen molar-refractivity contribution in [2.45, 2.75) is 51.9 Å². The van der Waals surface area contributed by atoms with Gasteiger partial charge in [0.2, 0.25) is 0 Å². The summed E-state index contributed by atoms with van der Waals surface area (Å²) in [6.07, 6.45) is 2.84. The first-order chi connectivity index (χ1) is 9.96. The van der Waals surface area contributed by atoms with Crippen molar-refractivity contribution < 1.29 is 17.9 Å². The highest BCUT2D eigenvalue weighted by atomic mass is 19.4. The molecule has 3 nitrogen and oxygen atoms in total. The van der Waals surface area contributed by atoms with E-state index in [2.05, 4.69) is 23.9 Å². The molecule has 0 spiro atoms. The molecule has 122 valence electrons. The maximum Gasteiger partial charge on any atom is 0.411 e. The van der Waals surface area contributed by atoms with Gasteiger partial charge in [-0.1, -0.05) is 20.3 Å². The molecule has 0 fully saturated rings. The zero-order valence-electron chi connectivity index (χ0n) is 12.7. The Balaban J connectivity index is 2.43. The summed E-state index contributed by atoms with van der Waals surface area (Å²) in [7, 11) is 0. The molecular weight excluding hydrogens is 281 g/mol. The predicted octanol–water partition coefficient (Wildman–Crippen LogP) is 3.91. The van der Waals surface area contributed by atoms with E-state index in [0.717, 1.165) is 25.8 Å². The number of alkyl halides is 3. The Morgan fingerprint density at radius 1 is 1.29 bits per heavy atom. The van der Waals surface area contributed by atoms with Crippen LogP contribution in [0.15, 0.2) is 18.5 Å². The number of hydrogen-bond acceptors (Lipinski definition) is 2. The molecule has 1 atom stereocenters. The van der Waals surface area contributed by atoms with E-state index in [1.165, 1.54) is 5.56 Å². The summed E-state index contributed by atoms with van der Waals surface area (Å²) < 4.78 is 42.4. The molecule has 0 aliphatic carbocycles. The van der Waals surface area contributed by atoms with Gasteiger partial charge in [0.25, 0.3) is 0 Å². The molecule has 1 N–H and O–H groups in total. The Kier molecular flexibility index (Phi) is 7.82. The van der Waals surface area contributed by atoms with Crippen LogP contribution in [0.5, 0.6) is 0 Å². The van der Waals surface area contributed by atoms with Crippen LogP contribution in [0.3, 0.4) is 0 Å². The van der Waals surface area contributed by atoms with Crippen molar-refractivity contribution in [3.63, 3.8) is 0 Å². The summed E-state index contributed by atoms with van der Waals surface area (Å²) in [6, 6.07) is 2.33. The first-order valence-electron chi connectivity index (χ1n) is 7.49. The van der Waals surface area contributed by atoms with E-state index in [0.29, 0.717) is 12.6 Å². The number of ether oxygens (including phenoxy) is 1. The third kappa shape index (κ3) is 7.52. The predicted molar refractivity (Wildman–Crippen MR) is 77.2 cm³/mol. The van der Waals surface area contributed by atoms with Gasteiger partial charge in [0.15, 0.2) is 0 Å². The van der Waals surface area contributed by atoms with Crippen molar-refractivity contribution in [3.05, 3.63) is 24.0 Å². The van der Waals surface area contributed by atoms with Gasteiger partial charge in [0.1, 0.15) is 6.61 Å². The summed E-state index contributed by atoms with van der Waals surface area (Å²) in [6.45, 7) is 4.54. The topological polar surface area (TPSA) is 26.2 Å². The summed E-state index contributed by atoms with van der Waals surface area (Å²) in [5.41, 5.74) is 1.18. The Bertz CT molecular complexity index is 391. The minimum Gasteiger partial charge on any atom is -0.370 e. The summed E-state index contributed by atoms with van der Waals surface area (Å²) >= 11 is 0. The lowest BCUT2D eigenvalue weighted by Gasteiger charge is -2.16. The largest absolute Gasteiger partial charge is 0.411 e. The van der Waals surface area contributed by atoms with E-state index in [-0.39, 0.29) is 6.61 Å². The Hall–Kier alpha value is -1.01. The monoisotopic (exact) mass is 306 g/mol. The van der Waals surface area contributed by atoms with Gasteiger partial charge < -0.3 is 14.6 Å². The molecule has 0 aromatic carbocycles. The average molecular weight is 306 g/mol. The van der Waals surface area contributed by atoms with E-state index in [1.807, 2.05) is 23.0 Å². The molecule has 1 aromatic rings. The standard InChI is InChI=1S/C15H25F3N2O/c1-3-5-14(19-7-4-2)13-6-8-20(11-13)9-10-21-12-15(16,17)18/h6,8,11,14,19H,3-5,7,9-10,12H2,1-2H3. The smallest absolute Gasteiger partial charge is 0.370 e. The molecule has 6 heteroatoms. The van der Waals surface area contributed by atoms with E-state index in [9.17, 15) is 13.2 Å². The summed E-state index contributed by atoms with van der Waals surface area (Å²) in [4.78, 5) is 0. The first kappa shape index (κ1) is 18.0. The maximum absolute atomic E-state index is 12.0. The minimum absolute atomic E-state index is 0.0640. The van der Waals surface area contributed by atoms with Crippen LogP contribution >= 0.6 is 0 Å². The summed E-state index contributed by atoms with van der Waals surface area (Å²) in [5, 5.41) is 3.49.